The van der Waals surface area contributed by atoms with Gasteiger partial charge in [0, 0.05) is 32.3 Å². The number of aryl methyl sites for hydroxylation is 1. The minimum Gasteiger partial charge on any atom is -0.350 e. The van der Waals surface area contributed by atoms with E-state index in [1.54, 1.807) is 17.9 Å². The third-order valence-corrected chi connectivity index (χ3v) is 3.13. The van der Waals surface area contributed by atoms with Crippen molar-refractivity contribution in [1.29, 1.82) is 0 Å². The standard InChI is InChI=1S/C11H16F2N4O.ClH/c1-17-6-7(2-16-17)8-3-14-4-9(8)11(18)15-5-10(12)13;/h2,6,8-10,14H,3-5H2,1H3,(H,15,18);1H/t8-,9+;/m1./s1. The lowest BCUT2D eigenvalue weighted by atomic mass is 9.90. The van der Waals surface area contributed by atoms with Crippen LogP contribution in [0.2, 0.25) is 0 Å². The minimum atomic E-state index is -2.51. The summed E-state index contributed by atoms with van der Waals surface area (Å²) in [7, 11) is 1.80. The zero-order chi connectivity index (χ0) is 13.1. The van der Waals surface area contributed by atoms with Gasteiger partial charge in [-0.2, -0.15) is 5.10 Å². The fourth-order valence-corrected chi connectivity index (χ4v) is 2.24. The van der Waals surface area contributed by atoms with Gasteiger partial charge >= 0.3 is 0 Å². The van der Waals surface area contributed by atoms with Gasteiger partial charge in [-0.25, -0.2) is 8.78 Å². The number of hydrogen-bond acceptors (Lipinski definition) is 3. The summed E-state index contributed by atoms with van der Waals surface area (Å²) in [6, 6.07) is 0. The molecular formula is C11H17ClF2N4O. The Kier molecular flexibility index (Phi) is 5.68. The van der Waals surface area contributed by atoms with E-state index in [0.29, 0.717) is 13.1 Å². The van der Waals surface area contributed by atoms with Crippen molar-refractivity contribution in [3.05, 3.63) is 18.0 Å². The number of rotatable bonds is 4. The molecule has 1 aromatic rings. The van der Waals surface area contributed by atoms with Crippen LogP contribution >= 0.6 is 12.4 Å². The smallest absolute Gasteiger partial charge is 0.255 e. The van der Waals surface area contributed by atoms with Gasteiger partial charge in [0.2, 0.25) is 5.91 Å². The van der Waals surface area contributed by atoms with Gasteiger partial charge < -0.3 is 10.6 Å². The maximum atomic E-state index is 12.1. The van der Waals surface area contributed by atoms with Gasteiger partial charge in [-0.3, -0.25) is 9.48 Å². The fourth-order valence-electron chi connectivity index (χ4n) is 2.24. The Labute approximate surface area is 116 Å². The molecule has 1 aliphatic heterocycles. The fraction of sp³-hybridized carbons (Fsp3) is 0.636. The Hall–Kier alpha value is -1.21. The zero-order valence-corrected chi connectivity index (χ0v) is 11.3. The van der Waals surface area contributed by atoms with Gasteiger partial charge in [0.15, 0.2) is 0 Å². The Morgan fingerprint density at radius 2 is 2.37 bits per heavy atom. The molecule has 2 heterocycles. The molecule has 1 aromatic heterocycles. The highest BCUT2D eigenvalue weighted by Crippen LogP contribution is 2.27. The van der Waals surface area contributed by atoms with E-state index < -0.39 is 13.0 Å². The highest BCUT2D eigenvalue weighted by atomic mass is 35.5. The van der Waals surface area contributed by atoms with Crippen LogP contribution in [0.1, 0.15) is 11.5 Å². The molecule has 0 spiro atoms. The lowest BCUT2D eigenvalue weighted by molar-refractivity contribution is -0.125. The molecule has 0 radical (unpaired) electrons. The molecule has 2 atom stereocenters. The van der Waals surface area contributed by atoms with Crippen molar-refractivity contribution in [3.63, 3.8) is 0 Å². The van der Waals surface area contributed by atoms with Crippen LogP contribution in [-0.2, 0) is 11.8 Å². The number of carbonyl (C=O) groups excluding carboxylic acids is 1. The number of halogens is 3. The largest absolute Gasteiger partial charge is 0.350 e. The molecule has 2 N–H and O–H groups in total. The molecule has 0 aliphatic carbocycles. The van der Waals surface area contributed by atoms with Crippen LogP contribution in [0.3, 0.4) is 0 Å². The molecule has 1 fully saturated rings. The first-order valence-electron chi connectivity index (χ1n) is 5.83. The SMILES string of the molecule is Cl.Cn1cc([C@H]2CNC[C@@H]2C(=O)NCC(F)F)cn1. The zero-order valence-electron chi connectivity index (χ0n) is 10.5. The van der Waals surface area contributed by atoms with E-state index >= 15 is 0 Å². The molecule has 19 heavy (non-hydrogen) atoms. The topological polar surface area (TPSA) is 59.0 Å². The second-order valence-corrected chi connectivity index (χ2v) is 4.45. The third kappa shape index (κ3) is 3.87. The minimum absolute atomic E-state index is 0. The second kappa shape index (κ2) is 6.81. The van der Waals surface area contributed by atoms with E-state index in [1.807, 2.05) is 6.20 Å². The molecule has 8 heteroatoms. The van der Waals surface area contributed by atoms with Crippen molar-refractivity contribution in [2.45, 2.75) is 12.3 Å². The van der Waals surface area contributed by atoms with E-state index in [2.05, 4.69) is 15.7 Å². The molecule has 0 bridgehead atoms. The molecular weight excluding hydrogens is 278 g/mol. The average Bonchev–Trinajstić information content (AvgIpc) is 2.93. The lowest BCUT2D eigenvalue weighted by Gasteiger charge is -2.16. The Balaban J connectivity index is 0.00000180. The number of alkyl halides is 2. The molecule has 0 aromatic carbocycles. The van der Waals surface area contributed by atoms with Crippen molar-refractivity contribution < 1.29 is 13.6 Å². The molecule has 1 saturated heterocycles. The van der Waals surface area contributed by atoms with Crippen LogP contribution in [-0.4, -0.2) is 41.7 Å². The summed E-state index contributed by atoms with van der Waals surface area (Å²) in [4.78, 5) is 11.8. The number of hydrogen-bond donors (Lipinski definition) is 2. The van der Waals surface area contributed by atoms with E-state index in [9.17, 15) is 13.6 Å². The summed E-state index contributed by atoms with van der Waals surface area (Å²) < 4.78 is 25.8. The number of amides is 1. The van der Waals surface area contributed by atoms with Gasteiger partial charge in [0.1, 0.15) is 0 Å². The number of aromatic nitrogens is 2. The predicted molar refractivity (Wildman–Crippen MR) is 68.6 cm³/mol. The van der Waals surface area contributed by atoms with Gasteiger partial charge in [0.05, 0.1) is 18.7 Å². The van der Waals surface area contributed by atoms with Crippen LogP contribution in [0.25, 0.3) is 0 Å². The van der Waals surface area contributed by atoms with Gasteiger partial charge in [0.25, 0.3) is 6.43 Å². The van der Waals surface area contributed by atoms with Crippen LogP contribution in [0, 0.1) is 5.92 Å². The highest BCUT2D eigenvalue weighted by Gasteiger charge is 2.34. The quantitative estimate of drug-likeness (QED) is 0.851. The first-order chi connectivity index (χ1) is 8.58. The Bertz CT molecular complexity index is 427. The predicted octanol–water partition coefficient (Wildman–Crippen LogP) is 0.526. The summed E-state index contributed by atoms with van der Waals surface area (Å²) in [5.41, 5.74) is 0.958. The molecule has 108 valence electrons. The highest BCUT2D eigenvalue weighted by molar-refractivity contribution is 5.85. The summed E-state index contributed by atoms with van der Waals surface area (Å²) in [5.74, 6) is -0.640. The Morgan fingerprint density at radius 3 is 2.95 bits per heavy atom. The average molecular weight is 295 g/mol. The number of nitrogens with zero attached hydrogens (tertiary/aromatic N) is 2. The molecule has 0 unspecified atom stereocenters. The summed E-state index contributed by atoms with van der Waals surface area (Å²) in [5, 5.41) is 9.45. The van der Waals surface area contributed by atoms with Gasteiger partial charge in [-0.15, -0.1) is 12.4 Å². The maximum Gasteiger partial charge on any atom is 0.255 e. The first-order valence-corrected chi connectivity index (χ1v) is 5.83. The van der Waals surface area contributed by atoms with E-state index in [4.69, 9.17) is 0 Å². The van der Waals surface area contributed by atoms with E-state index in [0.717, 1.165) is 5.56 Å². The molecule has 0 saturated carbocycles. The Morgan fingerprint density at radius 1 is 1.63 bits per heavy atom. The van der Waals surface area contributed by atoms with Crippen molar-refractivity contribution in [2.24, 2.45) is 13.0 Å². The third-order valence-electron chi connectivity index (χ3n) is 3.13. The van der Waals surface area contributed by atoms with Crippen LogP contribution in [0.4, 0.5) is 8.78 Å². The van der Waals surface area contributed by atoms with Gasteiger partial charge in [-0.1, -0.05) is 0 Å². The molecule has 2 rings (SSSR count). The van der Waals surface area contributed by atoms with Crippen LogP contribution in [0.15, 0.2) is 12.4 Å². The van der Waals surface area contributed by atoms with E-state index in [1.165, 1.54) is 0 Å². The normalized spacial score (nSPS) is 22.3. The van der Waals surface area contributed by atoms with Crippen molar-refractivity contribution in [1.82, 2.24) is 20.4 Å². The maximum absolute atomic E-state index is 12.1. The second-order valence-electron chi connectivity index (χ2n) is 4.45. The molecule has 5 nitrogen and oxygen atoms in total. The van der Waals surface area contributed by atoms with Crippen molar-refractivity contribution in [2.75, 3.05) is 19.6 Å². The van der Waals surface area contributed by atoms with Crippen molar-refractivity contribution >= 4 is 18.3 Å². The summed E-state index contributed by atoms with van der Waals surface area (Å²) in [6.07, 6.45) is 1.05. The van der Waals surface area contributed by atoms with Crippen LogP contribution < -0.4 is 10.6 Å². The number of carbonyl (C=O) groups is 1. The summed E-state index contributed by atoms with van der Waals surface area (Å²) >= 11 is 0. The van der Waals surface area contributed by atoms with E-state index in [-0.39, 0.29) is 30.2 Å². The number of nitrogens with one attached hydrogen (secondary N) is 2. The van der Waals surface area contributed by atoms with Crippen LogP contribution in [0.5, 0.6) is 0 Å². The van der Waals surface area contributed by atoms with Gasteiger partial charge in [-0.05, 0) is 5.56 Å². The molecule has 1 amide bonds. The summed E-state index contributed by atoms with van der Waals surface area (Å²) in [6.45, 7) is 0.585. The molecule has 1 aliphatic rings. The monoisotopic (exact) mass is 294 g/mol. The van der Waals surface area contributed by atoms with Crippen molar-refractivity contribution in [3.8, 4) is 0 Å². The lowest BCUT2D eigenvalue weighted by Crippen LogP contribution is -2.36. The first kappa shape index (κ1) is 15.8.